The van der Waals surface area contributed by atoms with E-state index >= 15 is 0 Å². The second kappa shape index (κ2) is 6.02. The van der Waals surface area contributed by atoms with E-state index in [2.05, 4.69) is 17.4 Å². The molecule has 1 aromatic rings. The monoisotopic (exact) mass is 295 g/mol. The van der Waals surface area contributed by atoms with Crippen LogP contribution in [0.2, 0.25) is 0 Å². The third-order valence-corrected chi connectivity index (χ3v) is 4.67. The fourth-order valence-electron chi connectivity index (χ4n) is 3.30. The Balaban J connectivity index is 1.85. The predicted octanol–water partition coefficient (Wildman–Crippen LogP) is 1.75. The van der Waals surface area contributed by atoms with Crippen LogP contribution in [0.4, 0.5) is 0 Å². The zero-order valence-corrected chi connectivity index (χ0v) is 13.0. The molecule has 0 radical (unpaired) electrons. The van der Waals surface area contributed by atoms with Crippen molar-refractivity contribution >= 4 is 0 Å². The summed E-state index contributed by atoms with van der Waals surface area (Å²) in [5, 5.41) is 7.67. The van der Waals surface area contributed by atoms with E-state index in [4.69, 9.17) is 19.0 Å². The third kappa shape index (κ3) is 2.84. The van der Waals surface area contributed by atoms with Crippen molar-refractivity contribution in [1.82, 2.24) is 15.5 Å². The average molecular weight is 295 g/mol. The van der Waals surface area contributed by atoms with Crippen LogP contribution in [-0.2, 0) is 20.5 Å². The molecule has 6 nitrogen and oxygen atoms in total. The number of nitrogens with one attached hydrogen (secondary N) is 1. The molecule has 2 aliphatic rings. The molecule has 118 valence electrons. The molecule has 21 heavy (non-hydrogen) atoms. The molecule has 1 unspecified atom stereocenters. The number of ether oxygens (including phenoxy) is 2. The minimum absolute atomic E-state index is 0.0674. The zero-order chi connectivity index (χ0) is 14.8. The Kier molecular flexibility index (Phi) is 4.28. The minimum Gasteiger partial charge on any atom is -0.381 e. The van der Waals surface area contributed by atoms with E-state index in [0.29, 0.717) is 25.6 Å². The van der Waals surface area contributed by atoms with Gasteiger partial charge in [-0.05, 0) is 33.2 Å². The van der Waals surface area contributed by atoms with Gasteiger partial charge in [-0.1, -0.05) is 5.16 Å². The van der Waals surface area contributed by atoms with Gasteiger partial charge in [-0.3, -0.25) is 0 Å². The predicted molar refractivity (Wildman–Crippen MR) is 77.1 cm³/mol. The van der Waals surface area contributed by atoms with Crippen LogP contribution in [0.5, 0.6) is 0 Å². The van der Waals surface area contributed by atoms with Crippen LogP contribution < -0.4 is 5.32 Å². The molecule has 0 saturated carbocycles. The van der Waals surface area contributed by atoms with E-state index < -0.39 is 5.60 Å². The van der Waals surface area contributed by atoms with Crippen molar-refractivity contribution in [3.05, 3.63) is 11.7 Å². The average Bonchev–Trinajstić information content (AvgIpc) is 3.01. The Morgan fingerprint density at radius 2 is 2.10 bits per heavy atom. The van der Waals surface area contributed by atoms with Crippen LogP contribution in [0.3, 0.4) is 0 Å². The Bertz CT molecular complexity index is 457. The minimum atomic E-state index is -0.437. The highest BCUT2D eigenvalue weighted by Crippen LogP contribution is 2.36. The summed E-state index contributed by atoms with van der Waals surface area (Å²) in [7, 11) is 0. The molecule has 0 bridgehead atoms. The van der Waals surface area contributed by atoms with Crippen LogP contribution in [0.15, 0.2) is 4.52 Å². The molecule has 1 N–H and O–H groups in total. The smallest absolute Gasteiger partial charge is 0.233 e. The van der Waals surface area contributed by atoms with E-state index in [1.807, 2.05) is 6.92 Å². The maximum atomic E-state index is 6.01. The summed E-state index contributed by atoms with van der Waals surface area (Å²) in [5.74, 6) is 1.42. The van der Waals surface area contributed by atoms with Crippen molar-refractivity contribution in [3.8, 4) is 0 Å². The molecule has 3 rings (SSSR count). The fourth-order valence-corrected chi connectivity index (χ4v) is 3.30. The van der Waals surface area contributed by atoms with Gasteiger partial charge in [-0.25, -0.2) is 0 Å². The third-order valence-electron chi connectivity index (χ3n) is 4.67. The molecule has 1 atom stereocenters. The van der Waals surface area contributed by atoms with Crippen molar-refractivity contribution in [2.45, 2.75) is 50.5 Å². The van der Waals surface area contributed by atoms with Crippen molar-refractivity contribution < 1.29 is 14.0 Å². The first-order chi connectivity index (χ1) is 10.2. The summed E-state index contributed by atoms with van der Waals surface area (Å²) < 4.78 is 17.1. The van der Waals surface area contributed by atoms with E-state index in [1.165, 1.54) is 0 Å². The second-order valence-electron chi connectivity index (χ2n) is 6.30. The first kappa shape index (κ1) is 14.9. The summed E-state index contributed by atoms with van der Waals surface area (Å²) >= 11 is 0. The Labute approximate surface area is 125 Å². The summed E-state index contributed by atoms with van der Waals surface area (Å²) in [6.45, 7) is 8.16. The highest BCUT2D eigenvalue weighted by atomic mass is 16.5. The quantitative estimate of drug-likeness (QED) is 0.912. The zero-order valence-electron chi connectivity index (χ0n) is 13.0. The van der Waals surface area contributed by atoms with Gasteiger partial charge in [0.25, 0.3) is 0 Å². The number of rotatable bonds is 4. The fraction of sp³-hybridized carbons (Fsp3) is 0.867. The summed E-state index contributed by atoms with van der Waals surface area (Å²) in [4.78, 5) is 4.72. The molecule has 0 aliphatic carbocycles. The maximum Gasteiger partial charge on any atom is 0.233 e. The van der Waals surface area contributed by atoms with Gasteiger partial charge >= 0.3 is 0 Å². The number of hydrogen-bond donors (Lipinski definition) is 1. The molecule has 0 aromatic carbocycles. The highest BCUT2D eigenvalue weighted by molar-refractivity contribution is 5.10. The van der Waals surface area contributed by atoms with Gasteiger partial charge in [0.05, 0.1) is 5.41 Å². The van der Waals surface area contributed by atoms with Crippen LogP contribution in [-0.4, -0.2) is 43.1 Å². The van der Waals surface area contributed by atoms with Gasteiger partial charge in [0.2, 0.25) is 11.7 Å². The number of nitrogens with zero attached hydrogens (tertiary/aromatic N) is 2. The lowest BCUT2D eigenvalue weighted by atomic mass is 9.82. The van der Waals surface area contributed by atoms with Crippen molar-refractivity contribution in [3.63, 3.8) is 0 Å². The molecule has 2 saturated heterocycles. The largest absolute Gasteiger partial charge is 0.381 e. The van der Waals surface area contributed by atoms with Gasteiger partial charge < -0.3 is 19.3 Å². The van der Waals surface area contributed by atoms with E-state index in [1.54, 1.807) is 0 Å². The lowest BCUT2D eigenvalue weighted by molar-refractivity contribution is -0.118. The second-order valence-corrected chi connectivity index (χ2v) is 6.30. The first-order valence-electron chi connectivity index (χ1n) is 7.96. The molecule has 2 fully saturated rings. The van der Waals surface area contributed by atoms with Crippen molar-refractivity contribution in [2.75, 3.05) is 32.9 Å². The molecule has 0 amide bonds. The highest BCUT2D eigenvalue weighted by Gasteiger charge is 2.42. The molecular formula is C15H25N3O3. The van der Waals surface area contributed by atoms with Crippen LogP contribution in [0.25, 0.3) is 0 Å². The molecule has 1 aromatic heterocycles. The molecule has 0 spiro atoms. The lowest BCUT2D eigenvalue weighted by Crippen LogP contribution is -2.41. The van der Waals surface area contributed by atoms with E-state index in [9.17, 15) is 0 Å². The van der Waals surface area contributed by atoms with Gasteiger partial charge in [0.15, 0.2) is 0 Å². The molecular weight excluding hydrogens is 270 g/mol. The van der Waals surface area contributed by atoms with Crippen molar-refractivity contribution in [1.29, 1.82) is 0 Å². The number of aromatic nitrogens is 2. The number of hydrogen-bond acceptors (Lipinski definition) is 6. The Morgan fingerprint density at radius 3 is 2.76 bits per heavy atom. The van der Waals surface area contributed by atoms with E-state index in [-0.39, 0.29) is 5.41 Å². The normalized spacial score (nSPS) is 29.4. The summed E-state index contributed by atoms with van der Waals surface area (Å²) in [6.07, 6.45) is 3.79. The van der Waals surface area contributed by atoms with Crippen molar-refractivity contribution in [2.24, 2.45) is 0 Å². The first-order valence-corrected chi connectivity index (χ1v) is 7.96. The van der Waals surface area contributed by atoms with Crippen LogP contribution >= 0.6 is 0 Å². The van der Waals surface area contributed by atoms with Gasteiger partial charge in [-0.15, -0.1) is 0 Å². The SMILES string of the molecule is CCOC1(c2noc(C3(C)CCCNC3)n2)CCOCC1. The van der Waals surface area contributed by atoms with Gasteiger partial charge in [-0.2, -0.15) is 4.98 Å². The van der Waals surface area contributed by atoms with Gasteiger partial charge in [0, 0.05) is 39.2 Å². The molecule has 6 heteroatoms. The number of piperidine rings is 1. The lowest BCUT2D eigenvalue weighted by Gasteiger charge is -2.34. The summed E-state index contributed by atoms with van der Waals surface area (Å²) in [6, 6.07) is 0. The van der Waals surface area contributed by atoms with Gasteiger partial charge in [0.1, 0.15) is 5.60 Å². The van der Waals surface area contributed by atoms with Crippen LogP contribution in [0, 0.1) is 0 Å². The Morgan fingerprint density at radius 1 is 1.29 bits per heavy atom. The maximum absolute atomic E-state index is 6.01. The topological polar surface area (TPSA) is 69.4 Å². The van der Waals surface area contributed by atoms with E-state index in [0.717, 1.165) is 44.7 Å². The molecule has 3 heterocycles. The summed E-state index contributed by atoms with van der Waals surface area (Å²) in [5.41, 5.74) is -0.505. The standard InChI is InChI=1S/C15H25N3O3/c1-3-20-15(6-9-19-10-7-15)12-17-13(21-18-12)14(2)5-4-8-16-11-14/h16H,3-11H2,1-2H3. The molecule has 2 aliphatic heterocycles. The Hall–Kier alpha value is -0.980. The van der Waals surface area contributed by atoms with Crippen LogP contribution in [0.1, 0.15) is 51.2 Å².